The molecule has 0 bridgehead atoms. The summed E-state index contributed by atoms with van der Waals surface area (Å²) in [4.78, 5) is 10.8. The molecule has 5 nitrogen and oxygen atoms in total. The first kappa shape index (κ1) is 16.9. The number of nitrogens with zero attached hydrogens (tertiary/aromatic N) is 3. The molecule has 24 heavy (non-hydrogen) atoms. The zero-order valence-electron chi connectivity index (χ0n) is 14.5. The van der Waals surface area contributed by atoms with E-state index < -0.39 is 0 Å². The van der Waals surface area contributed by atoms with Crippen LogP contribution < -0.4 is 10.1 Å². The fourth-order valence-electron chi connectivity index (χ4n) is 3.37. The highest BCUT2D eigenvalue weighted by atomic mass is 16.5. The first-order chi connectivity index (χ1) is 11.8. The number of ether oxygens (including phenoxy) is 1. The van der Waals surface area contributed by atoms with Gasteiger partial charge < -0.3 is 10.1 Å². The van der Waals surface area contributed by atoms with Gasteiger partial charge in [-0.3, -0.25) is 14.9 Å². The monoisotopic (exact) mass is 326 g/mol. The van der Waals surface area contributed by atoms with Crippen molar-refractivity contribution in [2.24, 2.45) is 0 Å². The Balaban J connectivity index is 1.50. The van der Waals surface area contributed by atoms with E-state index >= 15 is 0 Å². The first-order valence-electron chi connectivity index (χ1n) is 8.61. The summed E-state index contributed by atoms with van der Waals surface area (Å²) in [7, 11) is 1.70. The molecule has 0 aromatic carbocycles. The molecule has 3 heterocycles. The number of aromatic nitrogens is 2. The Kier molecular flexibility index (Phi) is 5.77. The molecule has 1 aliphatic rings. The average Bonchev–Trinajstić information content (AvgIpc) is 2.64. The number of pyridine rings is 2. The van der Waals surface area contributed by atoms with Gasteiger partial charge in [0, 0.05) is 42.8 Å². The lowest BCUT2D eigenvalue weighted by Crippen LogP contribution is -2.43. The lowest BCUT2D eigenvalue weighted by atomic mass is 10.0. The number of likely N-dealkylation sites (tertiary alicyclic amines) is 1. The van der Waals surface area contributed by atoms with Crippen LogP contribution >= 0.6 is 0 Å². The number of rotatable bonds is 6. The maximum Gasteiger partial charge on any atom is 0.141 e. The molecule has 0 saturated carbocycles. The molecule has 1 fully saturated rings. The highest BCUT2D eigenvalue weighted by molar-refractivity contribution is 5.32. The van der Waals surface area contributed by atoms with Crippen LogP contribution in [0, 0.1) is 0 Å². The van der Waals surface area contributed by atoms with E-state index in [4.69, 9.17) is 4.74 Å². The zero-order chi connectivity index (χ0) is 16.8. The van der Waals surface area contributed by atoms with E-state index in [-0.39, 0.29) is 6.04 Å². The second kappa shape index (κ2) is 8.22. The second-order valence-electron chi connectivity index (χ2n) is 6.42. The lowest BCUT2D eigenvalue weighted by molar-refractivity contribution is 0.185. The van der Waals surface area contributed by atoms with E-state index in [0.717, 1.165) is 38.2 Å². The highest BCUT2D eigenvalue weighted by Crippen LogP contribution is 2.25. The van der Waals surface area contributed by atoms with Gasteiger partial charge in [0.05, 0.1) is 13.3 Å². The van der Waals surface area contributed by atoms with Gasteiger partial charge in [0.15, 0.2) is 0 Å². The topological polar surface area (TPSA) is 50.3 Å². The van der Waals surface area contributed by atoms with Crippen molar-refractivity contribution in [3.05, 3.63) is 54.1 Å². The molecule has 0 spiro atoms. The third kappa shape index (κ3) is 4.30. The van der Waals surface area contributed by atoms with Gasteiger partial charge in [0.25, 0.3) is 0 Å². The maximum absolute atomic E-state index is 5.42. The summed E-state index contributed by atoms with van der Waals surface area (Å²) >= 11 is 0. The van der Waals surface area contributed by atoms with Crippen LogP contribution in [0.4, 0.5) is 0 Å². The number of hydrogen-bond acceptors (Lipinski definition) is 5. The number of nitrogens with one attached hydrogen (secondary N) is 1. The Morgan fingerprint density at radius 1 is 1.21 bits per heavy atom. The van der Waals surface area contributed by atoms with Crippen LogP contribution in [0.2, 0.25) is 0 Å². The van der Waals surface area contributed by atoms with Gasteiger partial charge in [0.1, 0.15) is 5.75 Å². The minimum atomic E-state index is 0.262. The van der Waals surface area contributed by atoms with Gasteiger partial charge in [-0.05, 0) is 50.6 Å². The van der Waals surface area contributed by atoms with Crippen LogP contribution in [0.15, 0.2) is 43.0 Å². The van der Waals surface area contributed by atoms with Gasteiger partial charge in [-0.1, -0.05) is 6.07 Å². The number of piperidine rings is 1. The van der Waals surface area contributed by atoms with E-state index in [1.165, 1.54) is 11.1 Å². The Morgan fingerprint density at radius 3 is 2.71 bits per heavy atom. The van der Waals surface area contributed by atoms with Gasteiger partial charge in [0.2, 0.25) is 0 Å². The molecular weight excluding hydrogens is 300 g/mol. The van der Waals surface area contributed by atoms with Crippen LogP contribution in [-0.2, 0) is 6.54 Å². The minimum Gasteiger partial charge on any atom is -0.495 e. The molecule has 3 rings (SSSR count). The smallest absolute Gasteiger partial charge is 0.141 e. The van der Waals surface area contributed by atoms with E-state index in [2.05, 4.69) is 33.2 Å². The summed E-state index contributed by atoms with van der Waals surface area (Å²) in [5.74, 6) is 0.853. The van der Waals surface area contributed by atoms with E-state index in [1.54, 1.807) is 13.3 Å². The molecule has 1 N–H and O–H groups in total. The largest absolute Gasteiger partial charge is 0.495 e. The molecule has 1 aliphatic heterocycles. The summed E-state index contributed by atoms with van der Waals surface area (Å²) in [6.07, 6.45) is 9.73. The summed E-state index contributed by atoms with van der Waals surface area (Å²) in [5.41, 5.74) is 2.46. The van der Waals surface area contributed by atoms with E-state index in [9.17, 15) is 0 Å². The van der Waals surface area contributed by atoms with Crippen molar-refractivity contribution >= 4 is 0 Å². The Bertz CT molecular complexity index is 626. The molecule has 128 valence electrons. The molecule has 2 aromatic heterocycles. The predicted octanol–water partition coefficient (Wildman–Crippen LogP) is 2.80. The van der Waals surface area contributed by atoms with Crippen molar-refractivity contribution in [1.29, 1.82) is 0 Å². The molecule has 0 amide bonds. The summed E-state index contributed by atoms with van der Waals surface area (Å²) in [6.45, 7) is 5.42. The van der Waals surface area contributed by atoms with Crippen molar-refractivity contribution in [3.8, 4) is 5.75 Å². The minimum absolute atomic E-state index is 0.262. The molecule has 0 radical (unpaired) electrons. The van der Waals surface area contributed by atoms with Crippen LogP contribution in [-0.4, -0.2) is 41.1 Å². The Labute approximate surface area is 144 Å². The SMILES string of the molecule is COc1cnccc1C(C)NC1CCN(Cc2cccnc2)CC1. The van der Waals surface area contributed by atoms with Gasteiger partial charge >= 0.3 is 0 Å². The van der Waals surface area contributed by atoms with Gasteiger partial charge in [-0.15, -0.1) is 0 Å². The molecule has 1 saturated heterocycles. The predicted molar refractivity (Wildman–Crippen MR) is 94.9 cm³/mol. The highest BCUT2D eigenvalue weighted by Gasteiger charge is 2.22. The average molecular weight is 326 g/mol. The van der Waals surface area contributed by atoms with Gasteiger partial charge in [-0.2, -0.15) is 0 Å². The maximum atomic E-state index is 5.42. The molecule has 0 aliphatic carbocycles. The molecule has 1 unspecified atom stereocenters. The quantitative estimate of drug-likeness (QED) is 0.884. The van der Waals surface area contributed by atoms with Crippen LogP contribution in [0.1, 0.15) is 36.9 Å². The lowest BCUT2D eigenvalue weighted by Gasteiger charge is -2.34. The fraction of sp³-hybridized carbons (Fsp3) is 0.474. The van der Waals surface area contributed by atoms with E-state index in [1.807, 2.05) is 30.7 Å². The first-order valence-corrected chi connectivity index (χ1v) is 8.61. The van der Waals surface area contributed by atoms with Crippen molar-refractivity contribution in [3.63, 3.8) is 0 Å². The second-order valence-corrected chi connectivity index (χ2v) is 6.42. The van der Waals surface area contributed by atoms with Crippen LogP contribution in [0.5, 0.6) is 5.75 Å². The zero-order valence-corrected chi connectivity index (χ0v) is 14.5. The van der Waals surface area contributed by atoms with Crippen LogP contribution in [0.3, 0.4) is 0 Å². The molecule has 5 heteroatoms. The Hall–Kier alpha value is -1.98. The summed E-state index contributed by atoms with van der Waals surface area (Å²) in [5, 5.41) is 3.75. The van der Waals surface area contributed by atoms with Crippen LogP contribution in [0.25, 0.3) is 0 Å². The van der Waals surface area contributed by atoms with E-state index in [0.29, 0.717) is 6.04 Å². The summed E-state index contributed by atoms with van der Waals surface area (Å²) < 4.78 is 5.42. The van der Waals surface area contributed by atoms with Crippen molar-refractivity contribution in [1.82, 2.24) is 20.2 Å². The normalized spacial score (nSPS) is 17.6. The summed E-state index contributed by atoms with van der Waals surface area (Å²) in [6, 6.07) is 7.00. The number of hydrogen-bond donors (Lipinski definition) is 1. The molecule has 2 aromatic rings. The Morgan fingerprint density at radius 2 is 2.00 bits per heavy atom. The van der Waals surface area contributed by atoms with Gasteiger partial charge in [-0.25, -0.2) is 0 Å². The third-order valence-electron chi connectivity index (χ3n) is 4.71. The van der Waals surface area contributed by atoms with Crippen molar-refractivity contribution in [2.45, 2.75) is 38.4 Å². The fourth-order valence-corrected chi connectivity index (χ4v) is 3.37. The third-order valence-corrected chi connectivity index (χ3v) is 4.71. The van der Waals surface area contributed by atoms with Crippen molar-refractivity contribution < 1.29 is 4.74 Å². The molecular formula is C19H26N4O. The molecule has 1 atom stereocenters. The van der Waals surface area contributed by atoms with Crippen molar-refractivity contribution in [2.75, 3.05) is 20.2 Å². The number of methoxy groups -OCH3 is 1. The standard InChI is InChI=1S/C19H26N4O/c1-15(18-5-9-21-13-19(18)24-2)22-17-6-10-23(11-7-17)14-16-4-3-8-20-12-16/h3-5,8-9,12-13,15,17,22H,6-7,10-11,14H2,1-2H3.